The fourth-order valence-corrected chi connectivity index (χ4v) is 1.53. The normalized spacial score (nSPS) is 10.4. The van der Waals surface area contributed by atoms with E-state index in [-0.39, 0.29) is 0 Å². The Morgan fingerprint density at radius 2 is 2.06 bits per heavy atom. The van der Waals surface area contributed by atoms with E-state index in [1.165, 1.54) is 17.0 Å². The Kier molecular flexibility index (Phi) is 2.66. The molecule has 2 rings (SSSR count). The quantitative estimate of drug-likeness (QED) is 0.763. The molecule has 1 aromatic carbocycles. The lowest BCUT2D eigenvalue weighted by Crippen LogP contribution is -2.34. The number of nitrogens with one attached hydrogen (secondary N) is 1. The summed E-state index contributed by atoms with van der Waals surface area (Å²) < 4.78 is 1.28. The van der Waals surface area contributed by atoms with Crippen molar-refractivity contribution < 1.29 is 0 Å². The van der Waals surface area contributed by atoms with Crippen LogP contribution in [0.25, 0.3) is 5.69 Å². The predicted molar refractivity (Wildman–Crippen MR) is 62.4 cm³/mol. The van der Waals surface area contributed by atoms with Gasteiger partial charge in [0.05, 0.1) is 0 Å². The van der Waals surface area contributed by atoms with Gasteiger partial charge in [0, 0.05) is 23.1 Å². The highest BCUT2D eigenvalue weighted by Crippen LogP contribution is 2.17. The summed E-state index contributed by atoms with van der Waals surface area (Å²) in [6.07, 6.45) is 2.93. The molecule has 1 heterocycles. The Labute approximate surface area is 96.1 Å². The lowest BCUT2D eigenvalue weighted by molar-refractivity contribution is 0.926. The molecular formula is C11H9ClN2O2. The molecule has 4 nitrogen and oxygen atoms in total. The molecule has 0 unspecified atom stereocenters. The second-order valence-corrected chi connectivity index (χ2v) is 3.81. The highest BCUT2D eigenvalue weighted by Gasteiger charge is 2.03. The molecule has 0 aliphatic heterocycles. The van der Waals surface area contributed by atoms with E-state index in [9.17, 15) is 9.59 Å². The van der Waals surface area contributed by atoms with Crippen molar-refractivity contribution >= 4 is 11.6 Å². The Bertz CT molecular complexity index is 643. The monoisotopic (exact) mass is 236 g/mol. The zero-order valence-electron chi connectivity index (χ0n) is 8.53. The fourth-order valence-electron chi connectivity index (χ4n) is 1.41. The number of nitrogens with zero attached hydrogens (tertiary/aromatic N) is 1. The number of halogens is 1. The van der Waals surface area contributed by atoms with Crippen molar-refractivity contribution in [2.75, 3.05) is 0 Å². The first-order valence-electron chi connectivity index (χ1n) is 4.66. The zero-order valence-corrected chi connectivity index (χ0v) is 9.28. The number of aromatic nitrogens is 2. The van der Waals surface area contributed by atoms with Crippen molar-refractivity contribution in [1.82, 2.24) is 9.55 Å². The standard InChI is InChI=1S/C11H9ClN2O2/c1-7-6-8(2-3-9(7)12)14-5-4-13-10(15)11(14)16/h2-6H,1H3,(H,13,15). The third kappa shape index (κ3) is 1.79. The molecule has 0 aliphatic carbocycles. The highest BCUT2D eigenvalue weighted by atomic mass is 35.5. The molecule has 2 aromatic rings. The number of benzene rings is 1. The maximum Gasteiger partial charge on any atom is 0.320 e. The second kappa shape index (κ2) is 3.98. The first-order chi connectivity index (χ1) is 7.59. The van der Waals surface area contributed by atoms with E-state index in [1.807, 2.05) is 6.92 Å². The molecule has 5 heteroatoms. The van der Waals surface area contributed by atoms with E-state index >= 15 is 0 Å². The Morgan fingerprint density at radius 3 is 2.75 bits per heavy atom. The summed E-state index contributed by atoms with van der Waals surface area (Å²) in [5.74, 6) is 0. The first kappa shape index (κ1) is 10.7. The molecule has 0 bridgehead atoms. The van der Waals surface area contributed by atoms with Crippen LogP contribution in [0.15, 0.2) is 40.2 Å². The summed E-state index contributed by atoms with van der Waals surface area (Å²) in [7, 11) is 0. The second-order valence-electron chi connectivity index (χ2n) is 3.40. The maximum absolute atomic E-state index is 11.6. The van der Waals surface area contributed by atoms with Gasteiger partial charge in [0.2, 0.25) is 0 Å². The van der Waals surface area contributed by atoms with Crippen molar-refractivity contribution in [1.29, 1.82) is 0 Å². The average molecular weight is 237 g/mol. The van der Waals surface area contributed by atoms with E-state index in [4.69, 9.17) is 11.6 Å². The van der Waals surface area contributed by atoms with E-state index in [0.29, 0.717) is 10.7 Å². The van der Waals surface area contributed by atoms with Gasteiger partial charge < -0.3 is 4.98 Å². The fraction of sp³-hybridized carbons (Fsp3) is 0.0909. The van der Waals surface area contributed by atoms with E-state index in [0.717, 1.165) is 5.56 Å². The molecule has 0 spiro atoms. The first-order valence-corrected chi connectivity index (χ1v) is 5.04. The molecule has 1 aromatic heterocycles. The van der Waals surface area contributed by atoms with Crippen LogP contribution in [0.3, 0.4) is 0 Å². The van der Waals surface area contributed by atoms with E-state index in [2.05, 4.69) is 4.98 Å². The summed E-state index contributed by atoms with van der Waals surface area (Å²) in [5, 5.41) is 0.627. The molecular weight excluding hydrogens is 228 g/mol. The highest BCUT2D eigenvalue weighted by molar-refractivity contribution is 6.31. The number of aryl methyl sites for hydroxylation is 1. The molecule has 0 fully saturated rings. The van der Waals surface area contributed by atoms with Crippen LogP contribution in [0.1, 0.15) is 5.56 Å². The van der Waals surface area contributed by atoms with Gasteiger partial charge in [-0.2, -0.15) is 0 Å². The van der Waals surface area contributed by atoms with Crippen LogP contribution in [-0.2, 0) is 0 Å². The van der Waals surface area contributed by atoms with Crippen LogP contribution in [0.5, 0.6) is 0 Å². The number of rotatable bonds is 1. The van der Waals surface area contributed by atoms with Gasteiger partial charge in [0.25, 0.3) is 0 Å². The van der Waals surface area contributed by atoms with Crippen molar-refractivity contribution in [3.8, 4) is 5.69 Å². The molecule has 16 heavy (non-hydrogen) atoms. The smallest absolute Gasteiger partial charge is 0.320 e. The van der Waals surface area contributed by atoms with Gasteiger partial charge >= 0.3 is 11.1 Å². The minimum Gasteiger partial charge on any atom is -0.323 e. The van der Waals surface area contributed by atoms with Gasteiger partial charge in [-0.05, 0) is 30.7 Å². The Morgan fingerprint density at radius 1 is 1.31 bits per heavy atom. The van der Waals surface area contributed by atoms with Gasteiger partial charge in [-0.3, -0.25) is 14.2 Å². The van der Waals surface area contributed by atoms with Crippen molar-refractivity contribution in [3.63, 3.8) is 0 Å². The molecule has 82 valence electrons. The van der Waals surface area contributed by atoms with Crippen LogP contribution < -0.4 is 11.1 Å². The largest absolute Gasteiger partial charge is 0.323 e. The van der Waals surface area contributed by atoms with Crippen molar-refractivity contribution in [2.45, 2.75) is 6.92 Å². The molecule has 0 saturated carbocycles. The van der Waals surface area contributed by atoms with Crippen molar-refractivity contribution in [3.05, 3.63) is 61.9 Å². The SMILES string of the molecule is Cc1cc(-n2cc[nH]c(=O)c2=O)ccc1Cl. The van der Waals surface area contributed by atoms with Crippen LogP contribution in [-0.4, -0.2) is 9.55 Å². The van der Waals surface area contributed by atoms with Crippen LogP contribution in [0.2, 0.25) is 5.02 Å². The third-order valence-electron chi connectivity index (χ3n) is 2.27. The number of hydrogen-bond acceptors (Lipinski definition) is 2. The van der Waals surface area contributed by atoms with E-state index in [1.54, 1.807) is 18.2 Å². The number of H-pyrrole nitrogens is 1. The number of hydrogen-bond donors (Lipinski definition) is 1. The molecule has 0 radical (unpaired) electrons. The lowest BCUT2D eigenvalue weighted by atomic mass is 10.2. The van der Waals surface area contributed by atoms with Gasteiger partial charge in [0.15, 0.2) is 0 Å². The predicted octanol–water partition coefficient (Wildman–Crippen LogP) is 1.49. The van der Waals surface area contributed by atoms with Gasteiger partial charge in [-0.25, -0.2) is 0 Å². The molecule has 0 aliphatic rings. The van der Waals surface area contributed by atoms with Crippen LogP contribution in [0, 0.1) is 6.92 Å². The summed E-state index contributed by atoms with van der Waals surface area (Å²) in [4.78, 5) is 25.0. The van der Waals surface area contributed by atoms with Gasteiger partial charge in [-0.1, -0.05) is 11.6 Å². The Balaban J connectivity index is 2.68. The summed E-state index contributed by atoms with van der Waals surface area (Å²) in [6.45, 7) is 1.84. The van der Waals surface area contributed by atoms with Gasteiger partial charge in [-0.15, -0.1) is 0 Å². The summed E-state index contributed by atoms with van der Waals surface area (Å²) >= 11 is 5.88. The molecule has 0 saturated heterocycles. The molecule has 1 N–H and O–H groups in total. The number of aromatic amines is 1. The minimum atomic E-state index is -0.643. The van der Waals surface area contributed by atoms with Gasteiger partial charge in [0.1, 0.15) is 0 Å². The lowest BCUT2D eigenvalue weighted by Gasteiger charge is -2.06. The zero-order chi connectivity index (χ0) is 11.7. The van der Waals surface area contributed by atoms with E-state index < -0.39 is 11.1 Å². The third-order valence-corrected chi connectivity index (χ3v) is 2.69. The van der Waals surface area contributed by atoms with Crippen LogP contribution in [0.4, 0.5) is 0 Å². The molecule has 0 amide bonds. The minimum absolute atomic E-state index is 0.607. The maximum atomic E-state index is 11.6. The van der Waals surface area contributed by atoms with Crippen LogP contribution >= 0.6 is 11.6 Å². The summed E-state index contributed by atoms with van der Waals surface area (Å²) in [6, 6.07) is 5.14. The average Bonchev–Trinajstić information content (AvgIpc) is 2.26. The topological polar surface area (TPSA) is 54.9 Å². The van der Waals surface area contributed by atoms with Crippen molar-refractivity contribution in [2.24, 2.45) is 0 Å². The molecule has 0 atom stereocenters. The summed E-state index contributed by atoms with van der Waals surface area (Å²) in [5.41, 5.74) is 0.226. The Hall–Kier alpha value is -1.81.